The van der Waals surface area contributed by atoms with Crippen molar-refractivity contribution in [1.29, 1.82) is 0 Å². The molecule has 20 heavy (non-hydrogen) atoms. The van der Waals surface area contributed by atoms with Crippen LogP contribution < -0.4 is 11.1 Å². The van der Waals surface area contributed by atoms with E-state index in [0.29, 0.717) is 18.8 Å². The Balaban J connectivity index is 1.80. The molecule has 1 amide bonds. The molecule has 0 aliphatic carbocycles. The number of amides is 1. The molecule has 0 spiro atoms. The number of nitrogens with one attached hydrogen (secondary N) is 1. The van der Waals surface area contributed by atoms with Crippen LogP contribution in [0.4, 0.5) is 0 Å². The van der Waals surface area contributed by atoms with Gasteiger partial charge in [0.2, 0.25) is 0 Å². The van der Waals surface area contributed by atoms with Crippen LogP contribution in [0.1, 0.15) is 17.4 Å². The third-order valence-corrected chi connectivity index (χ3v) is 3.27. The predicted octanol–water partition coefficient (Wildman–Crippen LogP) is -0.708. The highest BCUT2D eigenvalue weighted by atomic mass is 16.5. The van der Waals surface area contributed by atoms with E-state index < -0.39 is 0 Å². The smallest absolute Gasteiger partial charge is 0.271 e. The van der Waals surface area contributed by atoms with Crippen LogP contribution in [-0.2, 0) is 11.3 Å². The third kappa shape index (κ3) is 4.29. The molecule has 1 aromatic heterocycles. The molecule has 1 unspecified atom stereocenters. The highest BCUT2D eigenvalue weighted by molar-refractivity contribution is 5.92. The molecule has 1 saturated heterocycles. The van der Waals surface area contributed by atoms with E-state index in [2.05, 4.69) is 15.2 Å². The molecule has 1 atom stereocenters. The molecule has 7 heteroatoms. The molecular formula is C13H23N5O2. The van der Waals surface area contributed by atoms with Gasteiger partial charge >= 0.3 is 0 Å². The van der Waals surface area contributed by atoms with Crippen molar-refractivity contribution >= 4 is 5.91 Å². The molecule has 1 aliphatic heterocycles. The van der Waals surface area contributed by atoms with Crippen molar-refractivity contribution in [3.05, 3.63) is 18.2 Å². The molecule has 0 aromatic carbocycles. The molecule has 3 N–H and O–H groups in total. The number of carbonyl (C=O) groups excluding carboxylic acids is 1. The van der Waals surface area contributed by atoms with Crippen LogP contribution in [0.5, 0.6) is 0 Å². The first-order valence-corrected chi connectivity index (χ1v) is 7.02. The van der Waals surface area contributed by atoms with Crippen molar-refractivity contribution in [3.63, 3.8) is 0 Å². The number of morpholine rings is 1. The minimum Gasteiger partial charge on any atom is -0.379 e. The molecule has 112 valence electrons. The Morgan fingerprint density at radius 1 is 1.55 bits per heavy atom. The largest absolute Gasteiger partial charge is 0.379 e. The minimum absolute atomic E-state index is 0.0836. The van der Waals surface area contributed by atoms with Crippen LogP contribution in [0.3, 0.4) is 0 Å². The van der Waals surface area contributed by atoms with Gasteiger partial charge in [0.15, 0.2) is 0 Å². The van der Waals surface area contributed by atoms with Crippen molar-refractivity contribution < 1.29 is 9.53 Å². The first-order chi connectivity index (χ1) is 9.69. The van der Waals surface area contributed by atoms with E-state index in [4.69, 9.17) is 10.5 Å². The van der Waals surface area contributed by atoms with Crippen molar-refractivity contribution in [2.45, 2.75) is 19.5 Å². The van der Waals surface area contributed by atoms with E-state index in [1.165, 1.54) is 0 Å². The number of nitrogens with zero attached hydrogens (tertiary/aromatic N) is 3. The lowest BCUT2D eigenvalue weighted by molar-refractivity contribution is 0.0342. The zero-order chi connectivity index (χ0) is 14.4. The lowest BCUT2D eigenvalue weighted by Crippen LogP contribution is -2.46. The second-order valence-corrected chi connectivity index (χ2v) is 5.07. The standard InChI is InChI=1S/C13H23N5O2/c1-11(8-17-4-6-20-7-5-17)16-13(19)12-9-18(3-2-14)10-15-12/h9-11H,2-8,14H2,1H3,(H,16,19). The maximum Gasteiger partial charge on any atom is 0.271 e. The van der Waals surface area contributed by atoms with E-state index in [-0.39, 0.29) is 11.9 Å². The quantitative estimate of drug-likeness (QED) is 0.719. The normalized spacial score (nSPS) is 17.9. The van der Waals surface area contributed by atoms with Crippen LogP contribution >= 0.6 is 0 Å². The highest BCUT2D eigenvalue weighted by Crippen LogP contribution is 2.00. The maximum atomic E-state index is 12.1. The Morgan fingerprint density at radius 3 is 3.00 bits per heavy atom. The van der Waals surface area contributed by atoms with Gasteiger partial charge in [-0.15, -0.1) is 0 Å². The van der Waals surface area contributed by atoms with Gasteiger partial charge in [0, 0.05) is 45.0 Å². The fourth-order valence-electron chi connectivity index (χ4n) is 2.26. The van der Waals surface area contributed by atoms with Gasteiger partial charge in [-0.05, 0) is 6.92 Å². The topological polar surface area (TPSA) is 85.4 Å². The zero-order valence-corrected chi connectivity index (χ0v) is 11.9. The van der Waals surface area contributed by atoms with E-state index >= 15 is 0 Å². The summed E-state index contributed by atoms with van der Waals surface area (Å²) in [6.45, 7) is 7.42. The molecule has 1 aromatic rings. The maximum absolute atomic E-state index is 12.1. The number of nitrogens with two attached hydrogens (primary N) is 1. The second-order valence-electron chi connectivity index (χ2n) is 5.07. The number of aromatic nitrogens is 2. The molecule has 7 nitrogen and oxygen atoms in total. The van der Waals surface area contributed by atoms with Gasteiger partial charge in [-0.1, -0.05) is 0 Å². The lowest BCUT2D eigenvalue weighted by Gasteiger charge is -2.29. The predicted molar refractivity (Wildman–Crippen MR) is 75.5 cm³/mol. The number of carbonyl (C=O) groups is 1. The Hall–Kier alpha value is -1.44. The van der Waals surface area contributed by atoms with E-state index in [1.54, 1.807) is 12.5 Å². The Bertz CT molecular complexity index is 428. The van der Waals surface area contributed by atoms with Crippen molar-refractivity contribution in [2.24, 2.45) is 5.73 Å². The molecule has 0 radical (unpaired) electrons. The van der Waals surface area contributed by atoms with Crippen LogP contribution in [-0.4, -0.2) is 65.8 Å². The molecule has 2 rings (SSSR count). The molecule has 2 heterocycles. The summed E-state index contributed by atoms with van der Waals surface area (Å²) in [4.78, 5) is 18.4. The molecule has 0 saturated carbocycles. The number of rotatable bonds is 6. The summed E-state index contributed by atoms with van der Waals surface area (Å²) >= 11 is 0. The lowest BCUT2D eigenvalue weighted by atomic mass is 10.2. The van der Waals surface area contributed by atoms with E-state index in [0.717, 1.165) is 32.8 Å². The Labute approximate surface area is 119 Å². The number of imidazole rings is 1. The fourth-order valence-corrected chi connectivity index (χ4v) is 2.26. The number of hydrogen-bond donors (Lipinski definition) is 2. The van der Waals surface area contributed by atoms with Crippen molar-refractivity contribution in [3.8, 4) is 0 Å². The highest BCUT2D eigenvalue weighted by Gasteiger charge is 2.17. The average molecular weight is 281 g/mol. The van der Waals surface area contributed by atoms with Gasteiger partial charge in [-0.2, -0.15) is 0 Å². The number of hydrogen-bond acceptors (Lipinski definition) is 5. The summed E-state index contributed by atoms with van der Waals surface area (Å²) in [7, 11) is 0. The molecule has 0 bridgehead atoms. The number of ether oxygens (including phenoxy) is 1. The molecule has 1 aliphatic rings. The zero-order valence-electron chi connectivity index (χ0n) is 11.9. The van der Waals surface area contributed by atoms with Crippen LogP contribution in [0.25, 0.3) is 0 Å². The van der Waals surface area contributed by atoms with Gasteiger partial charge in [-0.3, -0.25) is 9.69 Å². The van der Waals surface area contributed by atoms with Gasteiger partial charge in [0.05, 0.1) is 19.5 Å². The Kier molecular flexibility index (Phi) is 5.51. The second kappa shape index (κ2) is 7.37. The molecular weight excluding hydrogens is 258 g/mol. The van der Waals surface area contributed by atoms with Crippen LogP contribution in [0.2, 0.25) is 0 Å². The summed E-state index contributed by atoms with van der Waals surface area (Å²) < 4.78 is 7.13. The summed E-state index contributed by atoms with van der Waals surface area (Å²) in [5.74, 6) is -0.137. The molecule has 1 fully saturated rings. The van der Waals surface area contributed by atoms with E-state index in [9.17, 15) is 4.79 Å². The van der Waals surface area contributed by atoms with Gasteiger partial charge in [-0.25, -0.2) is 4.98 Å². The van der Waals surface area contributed by atoms with E-state index in [1.807, 2.05) is 11.5 Å². The first kappa shape index (κ1) is 15.0. The van der Waals surface area contributed by atoms with Gasteiger partial charge in [0.25, 0.3) is 5.91 Å². The van der Waals surface area contributed by atoms with Crippen LogP contribution in [0, 0.1) is 0 Å². The third-order valence-electron chi connectivity index (χ3n) is 3.27. The summed E-state index contributed by atoms with van der Waals surface area (Å²) in [5.41, 5.74) is 5.90. The van der Waals surface area contributed by atoms with Crippen molar-refractivity contribution in [1.82, 2.24) is 19.8 Å². The summed E-state index contributed by atoms with van der Waals surface area (Å²) in [5, 5.41) is 2.97. The fraction of sp³-hybridized carbons (Fsp3) is 0.692. The monoisotopic (exact) mass is 281 g/mol. The summed E-state index contributed by atoms with van der Waals surface area (Å²) in [6.07, 6.45) is 3.36. The minimum atomic E-state index is -0.137. The van der Waals surface area contributed by atoms with Crippen LogP contribution in [0.15, 0.2) is 12.5 Å². The SMILES string of the molecule is CC(CN1CCOCC1)NC(=O)c1cn(CCN)cn1. The summed E-state index contributed by atoms with van der Waals surface area (Å²) in [6, 6.07) is 0.0836. The first-order valence-electron chi connectivity index (χ1n) is 7.02. The van der Waals surface area contributed by atoms with Gasteiger partial charge in [0.1, 0.15) is 5.69 Å². The van der Waals surface area contributed by atoms with Crippen molar-refractivity contribution in [2.75, 3.05) is 39.4 Å². The van der Waals surface area contributed by atoms with Gasteiger partial charge < -0.3 is 20.4 Å². The average Bonchev–Trinajstić information content (AvgIpc) is 2.89. The Morgan fingerprint density at radius 2 is 2.30 bits per heavy atom.